The van der Waals surface area contributed by atoms with Crippen LogP contribution < -0.4 is 5.43 Å². The van der Waals surface area contributed by atoms with E-state index in [9.17, 15) is 4.79 Å². The summed E-state index contributed by atoms with van der Waals surface area (Å²) in [5.41, 5.74) is 7.13. The summed E-state index contributed by atoms with van der Waals surface area (Å²) in [6, 6.07) is 23.6. The number of nitrogens with zero attached hydrogens (tertiary/aromatic N) is 2. The van der Waals surface area contributed by atoms with E-state index in [1.807, 2.05) is 67.6 Å². The normalized spacial score (nSPS) is 10.8. The van der Waals surface area contributed by atoms with Crippen molar-refractivity contribution in [1.29, 1.82) is 0 Å². The summed E-state index contributed by atoms with van der Waals surface area (Å²) in [6.07, 6.45) is 3.25. The van der Waals surface area contributed by atoms with Crippen LogP contribution in [0.25, 0.3) is 0 Å². The lowest BCUT2D eigenvalue weighted by Gasteiger charge is -2.08. The van der Waals surface area contributed by atoms with Crippen LogP contribution >= 0.6 is 0 Å². The van der Waals surface area contributed by atoms with Crippen LogP contribution in [0.3, 0.4) is 0 Å². The third-order valence-electron chi connectivity index (χ3n) is 4.06. The first-order chi connectivity index (χ1) is 12.7. The quantitative estimate of drug-likeness (QED) is 0.544. The smallest absolute Gasteiger partial charge is 0.267 e. The Morgan fingerprint density at radius 2 is 1.73 bits per heavy atom. The molecule has 0 fully saturated rings. The van der Waals surface area contributed by atoms with E-state index in [1.54, 1.807) is 6.21 Å². The first-order valence-corrected chi connectivity index (χ1v) is 8.61. The number of carbonyl (C=O) groups excluding carboxylic acids is 1. The highest BCUT2D eigenvalue weighted by Gasteiger charge is 2.10. The molecule has 26 heavy (non-hydrogen) atoms. The molecule has 0 unspecified atom stereocenters. The number of aryl methyl sites for hydroxylation is 3. The number of hydrogen-bond acceptors (Lipinski definition) is 3. The van der Waals surface area contributed by atoms with Crippen molar-refractivity contribution in [1.82, 2.24) is 10.4 Å². The topological polar surface area (TPSA) is 54.4 Å². The lowest BCUT2D eigenvalue weighted by Crippen LogP contribution is -2.19. The van der Waals surface area contributed by atoms with Gasteiger partial charge in [0.2, 0.25) is 0 Å². The van der Waals surface area contributed by atoms with Gasteiger partial charge in [-0.1, -0.05) is 54.6 Å². The zero-order chi connectivity index (χ0) is 18.2. The van der Waals surface area contributed by atoms with Crippen molar-refractivity contribution in [2.45, 2.75) is 19.8 Å². The van der Waals surface area contributed by atoms with E-state index in [0.29, 0.717) is 11.3 Å². The molecule has 0 aliphatic heterocycles. The molecule has 4 heteroatoms. The van der Waals surface area contributed by atoms with Crippen LogP contribution in [0.5, 0.6) is 0 Å². The molecule has 1 amide bonds. The number of pyridine rings is 1. The lowest BCUT2D eigenvalue weighted by atomic mass is 9.99. The first-order valence-electron chi connectivity index (χ1n) is 8.61. The fourth-order valence-electron chi connectivity index (χ4n) is 2.74. The van der Waals surface area contributed by atoms with Gasteiger partial charge in [0.15, 0.2) is 0 Å². The number of carbonyl (C=O) groups is 1. The van der Waals surface area contributed by atoms with Crippen LogP contribution in [-0.2, 0) is 12.8 Å². The highest BCUT2D eigenvalue weighted by Crippen LogP contribution is 2.13. The molecular weight excluding hydrogens is 322 g/mol. The molecule has 0 spiro atoms. The Kier molecular flexibility index (Phi) is 5.88. The molecule has 0 saturated heterocycles. The van der Waals surface area contributed by atoms with E-state index in [-0.39, 0.29) is 5.91 Å². The fraction of sp³-hybridized carbons (Fsp3) is 0.136. The Hall–Kier alpha value is -3.27. The van der Waals surface area contributed by atoms with Crippen LogP contribution in [0.4, 0.5) is 0 Å². The van der Waals surface area contributed by atoms with Gasteiger partial charge in [-0.15, -0.1) is 0 Å². The van der Waals surface area contributed by atoms with Gasteiger partial charge in [-0.3, -0.25) is 9.78 Å². The van der Waals surface area contributed by atoms with Gasteiger partial charge in [0.1, 0.15) is 0 Å². The van der Waals surface area contributed by atoms with E-state index >= 15 is 0 Å². The van der Waals surface area contributed by atoms with Crippen molar-refractivity contribution < 1.29 is 4.79 Å². The molecule has 1 heterocycles. The molecule has 1 aromatic heterocycles. The van der Waals surface area contributed by atoms with Crippen molar-refractivity contribution in [2.24, 2.45) is 5.10 Å². The minimum absolute atomic E-state index is 0.211. The summed E-state index contributed by atoms with van der Waals surface area (Å²) >= 11 is 0. The van der Waals surface area contributed by atoms with Gasteiger partial charge in [-0.25, -0.2) is 5.43 Å². The van der Waals surface area contributed by atoms with Crippen LogP contribution in [0.2, 0.25) is 0 Å². The molecule has 2 aromatic carbocycles. The molecule has 0 saturated carbocycles. The Morgan fingerprint density at radius 1 is 0.962 bits per heavy atom. The second-order valence-corrected chi connectivity index (χ2v) is 6.05. The number of rotatable bonds is 6. The molecule has 0 atom stereocenters. The predicted molar refractivity (Wildman–Crippen MR) is 104 cm³/mol. The Morgan fingerprint density at radius 3 is 2.54 bits per heavy atom. The minimum Gasteiger partial charge on any atom is -0.267 e. The highest BCUT2D eigenvalue weighted by atomic mass is 16.2. The van der Waals surface area contributed by atoms with Crippen molar-refractivity contribution in [3.05, 3.63) is 101 Å². The fourth-order valence-corrected chi connectivity index (χ4v) is 2.74. The van der Waals surface area contributed by atoms with Gasteiger partial charge >= 0.3 is 0 Å². The van der Waals surface area contributed by atoms with Gasteiger partial charge in [0.25, 0.3) is 5.91 Å². The van der Waals surface area contributed by atoms with Gasteiger partial charge in [0.05, 0.1) is 11.9 Å². The summed E-state index contributed by atoms with van der Waals surface area (Å²) in [7, 11) is 0. The average Bonchev–Trinajstić information content (AvgIpc) is 2.67. The molecule has 3 rings (SSSR count). The molecule has 3 aromatic rings. The van der Waals surface area contributed by atoms with E-state index < -0.39 is 0 Å². The Bertz CT molecular complexity index is 904. The van der Waals surface area contributed by atoms with E-state index in [2.05, 4.69) is 27.6 Å². The monoisotopic (exact) mass is 343 g/mol. The zero-order valence-electron chi connectivity index (χ0n) is 14.7. The maximum atomic E-state index is 12.5. The molecular formula is C22H21N3O. The summed E-state index contributed by atoms with van der Waals surface area (Å²) in [4.78, 5) is 16.8. The molecule has 0 aliphatic rings. The van der Waals surface area contributed by atoms with Crippen LogP contribution in [-0.4, -0.2) is 17.1 Å². The highest BCUT2D eigenvalue weighted by molar-refractivity contribution is 5.96. The number of amides is 1. The Labute approximate surface area is 153 Å². The van der Waals surface area contributed by atoms with Crippen molar-refractivity contribution >= 4 is 12.1 Å². The van der Waals surface area contributed by atoms with Gasteiger partial charge < -0.3 is 0 Å². The van der Waals surface area contributed by atoms with Crippen LogP contribution in [0.1, 0.15) is 32.9 Å². The summed E-state index contributed by atoms with van der Waals surface area (Å²) in [6.45, 7) is 1.92. The van der Waals surface area contributed by atoms with Crippen molar-refractivity contribution in [3.63, 3.8) is 0 Å². The van der Waals surface area contributed by atoms with E-state index in [1.165, 1.54) is 5.56 Å². The molecule has 130 valence electrons. The second kappa shape index (κ2) is 8.72. The molecule has 0 aliphatic carbocycles. The number of hydrogen-bond donors (Lipinski definition) is 1. The Balaban J connectivity index is 1.65. The largest absolute Gasteiger partial charge is 0.271 e. The summed E-state index contributed by atoms with van der Waals surface area (Å²) in [5, 5.41) is 4.03. The van der Waals surface area contributed by atoms with Crippen LogP contribution in [0.15, 0.2) is 77.9 Å². The lowest BCUT2D eigenvalue weighted by molar-refractivity contribution is 0.0954. The molecule has 0 radical (unpaired) electrons. The number of hydrazone groups is 1. The van der Waals surface area contributed by atoms with Crippen molar-refractivity contribution in [2.75, 3.05) is 0 Å². The minimum atomic E-state index is -0.211. The molecule has 4 nitrogen and oxygen atoms in total. The van der Waals surface area contributed by atoms with E-state index in [0.717, 1.165) is 24.1 Å². The summed E-state index contributed by atoms with van der Waals surface area (Å²) < 4.78 is 0. The van der Waals surface area contributed by atoms with Crippen molar-refractivity contribution in [3.8, 4) is 0 Å². The standard InChI is InChI=1S/C22H21N3O/c1-17-8-7-12-20(24-17)16-23-25-22(26)21-13-6-5-11-19(21)15-14-18-9-3-2-4-10-18/h2-13,16H,14-15H2,1H3,(H,25,26). The third kappa shape index (κ3) is 4.86. The average molecular weight is 343 g/mol. The molecule has 1 N–H and O–H groups in total. The van der Waals surface area contributed by atoms with Gasteiger partial charge in [-0.2, -0.15) is 5.10 Å². The number of benzene rings is 2. The third-order valence-corrected chi connectivity index (χ3v) is 4.06. The maximum absolute atomic E-state index is 12.5. The van der Waals surface area contributed by atoms with Crippen LogP contribution in [0, 0.1) is 6.92 Å². The molecule has 0 bridgehead atoms. The predicted octanol–water partition coefficient (Wildman–Crippen LogP) is 3.94. The van der Waals surface area contributed by atoms with E-state index in [4.69, 9.17) is 0 Å². The number of aromatic nitrogens is 1. The van der Waals surface area contributed by atoms with Gasteiger partial charge in [0, 0.05) is 11.3 Å². The zero-order valence-corrected chi connectivity index (χ0v) is 14.7. The maximum Gasteiger partial charge on any atom is 0.271 e. The summed E-state index contributed by atoms with van der Waals surface area (Å²) in [5.74, 6) is -0.211. The second-order valence-electron chi connectivity index (χ2n) is 6.05. The SMILES string of the molecule is Cc1cccc(C=NNC(=O)c2ccccc2CCc2ccccc2)n1. The van der Waals surface area contributed by atoms with Gasteiger partial charge in [-0.05, 0) is 49.1 Å². The first kappa shape index (κ1) is 17.5. The number of nitrogens with one attached hydrogen (secondary N) is 1.